The number of benzene rings is 2. The molecule has 162 valence electrons. The SMILES string of the molecule is CCP(=S)(Oc1ccccc1)N(C)SC(NC(=O)O)c1cccc2c1OC(C)(C)C2. The molecule has 1 aliphatic rings. The predicted molar refractivity (Wildman–Crippen MR) is 126 cm³/mol. The summed E-state index contributed by atoms with van der Waals surface area (Å²) in [5.41, 5.74) is 1.54. The molecule has 6 nitrogen and oxygen atoms in total. The fraction of sp³-hybridized carbons (Fsp3) is 0.381. The molecule has 0 saturated heterocycles. The van der Waals surface area contributed by atoms with E-state index < -0.39 is 17.9 Å². The van der Waals surface area contributed by atoms with Crippen LogP contribution in [0.1, 0.15) is 37.3 Å². The van der Waals surface area contributed by atoms with Gasteiger partial charge in [-0.25, -0.2) is 4.79 Å². The largest absolute Gasteiger partial charge is 0.487 e. The van der Waals surface area contributed by atoms with E-state index in [0.29, 0.717) is 11.9 Å². The van der Waals surface area contributed by atoms with Crippen LogP contribution in [0.4, 0.5) is 4.79 Å². The highest BCUT2D eigenvalue weighted by Crippen LogP contribution is 2.56. The molecule has 0 bridgehead atoms. The summed E-state index contributed by atoms with van der Waals surface area (Å²) in [6.45, 7) is 6.05. The van der Waals surface area contributed by atoms with Crippen molar-refractivity contribution in [3.8, 4) is 11.5 Å². The van der Waals surface area contributed by atoms with Crippen molar-refractivity contribution in [1.82, 2.24) is 9.39 Å². The van der Waals surface area contributed by atoms with Crippen molar-refractivity contribution in [3.05, 3.63) is 59.7 Å². The fourth-order valence-electron chi connectivity index (χ4n) is 3.31. The molecule has 3 rings (SSSR count). The maximum atomic E-state index is 11.6. The minimum atomic E-state index is -2.42. The first-order chi connectivity index (χ1) is 14.1. The Morgan fingerprint density at radius 3 is 2.67 bits per heavy atom. The van der Waals surface area contributed by atoms with Crippen LogP contribution in [0, 0.1) is 0 Å². The third-order valence-electron chi connectivity index (χ3n) is 4.74. The van der Waals surface area contributed by atoms with E-state index in [1.54, 1.807) is 0 Å². The first-order valence-corrected chi connectivity index (χ1v) is 13.4. The average Bonchev–Trinajstić information content (AvgIpc) is 3.01. The molecular formula is C21H27N2O4PS2. The molecule has 1 heterocycles. The van der Waals surface area contributed by atoms with E-state index in [1.165, 1.54) is 11.9 Å². The molecule has 0 spiro atoms. The zero-order valence-corrected chi connectivity index (χ0v) is 20.0. The first kappa shape index (κ1) is 22.9. The lowest BCUT2D eigenvalue weighted by molar-refractivity contribution is 0.137. The minimum Gasteiger partial charge on any atom is -0.487 e. The van der Waals surface area contributed by atoms with E-state index in [1.807, 2.05) is 80.4 Å². The van der Waals surface area contributed by atoms with Gasteiger partial charge in [0.15, 0.2) is 6.42 Å². The molecule has 0 radical (unpaired) electrons. The van der Waals surface area contributed by atoms with Crippen molar-refractivity contribution < 1.29 is 19.2 Å². The van der Waals surface area contributed by atoms with Crippen LogP contribution in [0.5, 0.6) is 11.5 Å². The Hall–Kier alpha value is -1.73. The van der Waals surface area contributed by atoms with Crippen molar-refractivity contribution in [1.29, 1.82) is 0 Å². The van der Waals surface area contributed by atoms with Gasteiger partial charge in [0.2, 0.25) is 0 Å². The van der Waals surface area contributed by atoms with Gasteiger partial charge < -0.3 is 19.7 Å². The van der Waals surface area contributed by atoms with Crippen molar-refractivity contribution in [2.75, 3.05) is 13.2 Å². The van der Waals surface area contributed by atoms with Gasteiger partial charge in [0, 0.05) is 25.2 Å². The van der Waals surface area contributed by atoms with Gasteiger partial charge in [0.05, 0.1) is 0 Å². The van der Waals surface area contributed by atoms with Gasteiger partial charge in [-0.2, -0.15) is 4.08 Å². The summed E-state index contributed by atoms with van der Waals surface area (Å²) < 4.78 is 14.3. The molecule has 2 N–H and O–H groups in total. The third-order valence-corrected chi connectivity index (χ3v) is 10.9. The van der Waals surface area contributed by atoms with Gasteiger partial charge in [0.1, 0.15) is 22.5 Å². The quantitative estimate of drug-likeness (QED) is 0.296. The zero-order chi connectivity index (χ0) is 21.9. The lowest BCUT2D eigenvalue weighted by Gasteiger charge is -2.33. The number of nitrogens with one attached hydrogen (secondary N) is 1. The maximum Gasteiger partial charge on any atom is 0.405 e. The van der Waals surface area contributed by atoms with Crippen LogP contribution >= 0.6 is 18.4 Å². The molecule has 9 heteroatoms. The first-order valence-electron chi connectivity index (χ1n) is 9.68. The molecule has 2 aromatic carbocycles. The number of hydrogen-bond acceptors (Lipinski definition) is 5. The number of fused-ring (bicyclic) bond motifs is 1. The predicted octanol–water partition coefficient (Wildman–Crippen LogP) is 5.65. The summed E-state index contributed by atoms with van der Waals surface area (Å²) in [5, 5.41) is 11.5. The van der Waals surface area contributed by atoms with E-state index in [4.69, 9.17) is 21.1 Å². The van der Waals surface area contributed by atoms with Crippen molar-refractivity contribution in [2.45, 2.75) is 38.2 Å². The number of nitrogens with zero attached hydrogens (tertiary/aromatic N) is 1. The third kappa shape index (κ3) is 5.30. The summed E-state index contributed by atoms with van der Waals surface area (Å²) >= 11 is 7.24. The summed E-state index contributed by atoms with van der Waals surface area (Å²) in [5.74, 6) is 1.46. The highest BCUT2D eigenvalue weighted by Gasteiger charge is 2.35. The van der Waals surface area contributed by atoms with Crippen LogP contribution in [-0.4, -0.2) is 34.1 Å². The highest BCUT2D eigenvalue weighted by atomic mass is 32.5. The van der Waals surface area contributed by atoms with Gasteiger partial charge in [-0.05, 0) is 55.3 Å². The second-order valence-corrected chi connectivity index (χ2v) is 13.5. The summed E-state index contributed by atoms with van der Waals surface area (Å²) in [4.78, 5) is 11.6. The molecule has 30 heavy (non-hydrogen) atoms. The Balaban J connectivity index is 1.88. The number of ether oxygens (including phenoxy) is 1. The van der Waals surface area contributed by atoms with Gasteiger partial charge in [-0.15, -0.1) is 0 Å². The van der Waals surface area contributed by atoms with Crippen molar-refractivity contribution >= 4 is 36.3 Å². The number of rotatable bonds is 8. The fourth-order valence-corrected chi connectivity index (χ4v) is 7.07. The van der Waals surface area contributed by atoms with Gasteiger partial charge in [-0.1, -0.05) is 43.3 Å². The Morgan fingerprint density at radius 1 is 1.33 bits per heavy atom. The normalized spacial score (nSPS) is 17.5. The molecule has 1 amide bonds. The van der Waals surface area contributed by atoms with Gasteiger partial charge in [0.25, 0.3) is 0 Å². The Morgan fingerprint density at radius 2 is 2.03 bits per heavy atom. The Kier molecular flexibility index (Phi) is 7.02. The van der Waals surface area contributed by atoms with Crippen LogP contribution in [0.2, 0.25) is 0 Å². The Labute approximate surface area is 187 Å². The maximum absolute atomic E-state index is 11.6. The molecule has 0 saturated carbocycles. The van der Waals surface area contributed by atoms with Crippen LogP contribution in [0.3, 0.4) is 0 Å². The number of carboxylic acid groups (broad SMARTS) is 1. The molecule has 2 unspecified atom stereocenters. The standard InChI is InChI=1S/C21H27N2O4PS2/c1-5-28(29,27-16-11-7-6-8-12-16)23(4)30-19(22-20(24)25)17-13-9-10-15-14-21(2,3)26-18(15)17/h6-13,19,22H,5,14H2,1-4H3,(H,24,25). The summed E-state index contributed by atoms with van der Waals surface area (Å²) in [6.07, 6.45) is -2.11. The number of amides is 1. The summed E-state index contributed by atoms with van der Waals surface area (Å²) in [6, 6.07) is 15.3. The average molecular weight is 467 g/mol. The molecule has 0 aromatic heterocycles. The monoisotopic (exact) mass is 466 g/mol. The second-order valence-electron chi connectivity index (χ2n) is 7.63. The second kappa shape index (κ2) is 9.18. The Bertz CT molecular complexity index is 955. The lowest BCUT2D eigenvalue weighted by atomic mass is 10.0. The van der Waals surface area contributed by atoms with E-state index >= 15 is 0 Å². The molecule has 2 aromatic rings. The molecular weight excluding hydrogens is 439 g/mol. The zero-order valence-electron chi connectivity index (χ0n) is 17.5. The highest BCUT2D eigenvalue weighted by molar-refractivity contribution is 8.17. The van der Waals surface area contributed by atoms with Crippen LogP contribution < -0.4 is 14.6 Å². The molecule has 0 aliphatic carbocycles. The van der Waals surface area contributed by atoms with E-state index in [-0.39, 0.29) is 5.60 Å². The number of hydrogen-bond donors (Lipinski definition) is 2. The smallest absolute Gasteiger partial charge is 0.405 e. The van der Waals surface area contributed by atoms with Crippen molar-refractivity contribution in [2.24, 2.45) is 0 Å². The van der Waals surface area contributed by atoms with Crippen LogP contribution in [-0.2, 0) is 18.2 Å². The minimum absolute atomic E-state index is 0.322. The lowest BCUT2D eigenvalue weighted by Crippen LogP contribution is -2.29. The molecule has 1 aliphatic heterocycles. The van der Waals surface area contributed by atoms with Gasteiger partial charge in [-0.3, -0.25) is 0 Å². The van der Waals surface area contributed by atoms with E-state index in [2.05, 4.69) is 5.32 Å². The number of carbonyl (C=O) groups is 1. The van der Waals surface area contributed by atoms with Gasteiger partial charge >= 0.3 is 6.09 Å². The summed E-state index contributed by atoms with van der Waals surface area (Å²) in [7, 11) is 1.86. The molecule has 2 atom stereocenters. The topological polar surface area (TPSA) is 71.0 Å². The van der Waals surface area contributed by atoms with E-state index in [0.717, 1.165) is 23.3 Å². The van der Waals surface area contributed by atoms with E-state index in [9.17, 15) is 9.90 Å². The number of para-hydroxylation sites is 2. The van der Waals surface area contributed by atoms with Crippen molar-refractivity contribution in [3.63, 3.8) is 0 Å². The molecule has 0 fully saturated rings. The van der Waals surface area contributed by atoms with Crippen LogP contribution in [0.15, 0.2) is 48.5 Å². The van der Waals surface area contributed by atoms with Crippen LogP contribution in [0.25, 0.3) is 0 Å².